The minimum absolute atomic E-state index is 0.0594. The van der Waals surface area contributed by atoms with Crippen molar-refractivity contribution in [3.8, 4) is 17.2 Å². The molecule has 0 saturated carbocycles. The maximum Gasteiger partial charge on any atom is 0.129 e. The van der Waals surface area contributed by atoms with Crippen molar-refractivity contribution in [2.75, 3.05) is 16.5 Å². The fourth-order valence-electron chi connectivity index (χ4n) is 6.50. The average Bonchev–Trinajstić information content (AvgIpc) is 3.61. The molecule has 0 atom stereocenters. The van der Waals surface area contributed by atoms with Crippen molar-refractivity contribution in [2.45, 2.75) is 26.2 Å². The van der Waals surface area contributed by atoms with Crippen molar-refractivity contribution in [3.63, 3.8) is 0 Å². The van der Waals surface area contributed by atoms with Crippen molar-refractivity contribution < 1.29 is 4.74 Å². The van der Waals surface area contributed by atoms with Crippen molar-refractivity contribution in [2.24, 2.45) is 0 Å². The van der Waals surface area contributed by atoms with Gasteiger partial charge in [-0.15, -0.1) is 0 Å². The molecule has 0 saturated heterocycles. The summed E-state index contributed by atoms with van der Waals surface area (Å²) in [5.41, 5.74) is 9.29. The highest BCUT2D eigenvalue weighted by atomic mass is 16.5. The van der Waals surface area contributed by atoms with E-state index >= 15 is 0 Å². The van der Waals surface area contributed by atoms with Gasteiger partial charge in [-0.3, -0.25) is 0 Å². The molecule has 4 nitrogen and oxygen atoms in total. The van der Waals surface area contributed by atoms with E-state index in [0.717, 1.165) is 35.1 Å². The molecule has 1 aliphatic heterocycles. The molecule has 6 aromatic carbocycles. The second-order valence-corrected chi connectivity index (χ2v) is 12.8. The van der Waals surface area contributed by atoms with Crippen LogP contribution >= 0.6 is 0 Å². The van der Waals surface area contributed by atoms with Gasteiger partial charge in [-0.05, 0) is 77.7 Å². The number of benzene rings is 6. The smallest absolute Gasteiger partial charge is 0.129 e. The lowest BCUT2D eigenvalue weighted by atomic mass is 9.86. The van der Waals surface area contributed by atoms with Crippen LogP contribution in [0.25, 0.3) is 27.5 Å². The lowest BCUT2D eigenvalue weighted by molar-refractivity contribution is 0.479. The fraction of sp³-hybridized carbons (Fsp3) is 0.122. The normalized spacial score (nSPS) is 13.0. The molecule has 45 heavy (non-hydrogen) atoms. The van der Waals surface area contributed by atoms with E-state index in [-0.39, 0.29) is 5.41 Å². The topological polar surface area (TPSA) is 20.6 Å². The third-order valence-electron chi connectivity index (χ3n) is 8.78. The highest BCUT2D eigenvalue weighted by Crippen LogP contribution is 2.46. The molecule has 4 heteroatoms. The molecule has 0 bridgehead atoms. The molecule has 2 heterocycles. The third-order valence-corrected chi connectivity index (χ3v) is 8.78. The Morgan fingerprint density at radius 1 is 0.489 bits per heavy atom. The summed E-state index contributed by atoms with van der Waals surface area (Å²) >= 11 is 0. The van der Waals surface area contributed by atoms with Crippen LogP contribution < -0.4 is 14.5 Å². The molecule has 1 aliphatic rings. The third kappa shape index (κ3) is 4.79. The molecule has 0 aliphatic carbocycles. The van der Waals surface area contributed by atoms with E-state index in [1.807, 2.05) is 0 Å². The first-order chi connectivity index (χ1) is 21.9. The van der Waals surface area contributed by atoms with Crippen LogP contribution in [0.4, 0.5) is 22.7 Å². The molecule has 0 fully saturated rings. The molecular weight excluding hydrogens is 550 g/mol. The molecule has 0 radical (unpaired) electrons. The van der Waals surface area contributed by atoms with Crippen LogP contribution in [0.1, 0.15) is 26.3 Å². The van der Waals surface area contributed by atoms with Gasteiger partial charge < -0.3 is 19.1 Å². The Morgan fingerprint density at radius 3 is 1.80 bits per heavy atom. The van der Waals surface area contributed by atoms with E-state index in [2.05, 4.69) is 181 Å². The van der Waals surface area contributed by atoms with Crippen LogP contribution in [0.2, 0.25) is 0 Å². The molecule has 220 valence electrons. The van der Waals surface area contributed by atoms with Gasteiger partial charge in [0.1, 0.15) is 18.2 Å². The second-order valence-electron chi connectivity index (χ2n) is 12.8. The van der Waals surface area contributed by atoms with Crippen molar-refractivity contribution in [3.05, 3.63) is 151 Å². The van der Waals surface area contributed by atoms with Crippen molar-refractivity contribution >= 4 is 44.6 Å². The van der Waals surface area contributed by atoms with Gasteiger partial charge in [0.15, 0.2) is 0 Å². The average molecular weight is 586 g/mol. The monoisotopic (exact) mass is 585 g/mol. The zero-order valence-corrected chi connectivity index (χ0v) is 25.8. The number of hydrogen-bond donors (Lipinski definition) is 0. The van der Waals surface area contributed by atoms with Crippen LogP contribution in [-0.4, -0.2) is 11.2 Å². The van der Waals surface area contributed by atoms with Crippen LogP contribution in [0.5, 0.6) is 11.5 Å². The molecular formula is C41H35N3O. The molecule has 1 aromatic heterocycles. The van der Waals surface area contributed by atoms with Gasteiger partial charge in [0.05, 0.1) is 22.4 Å². The van der Waals surface area contributed by atoms with Crippen LogP contribution in [0.15, 0.2) is 146 Å². The van der Waals surface area contributed by atoms with E-state index in [1.165, 1.54) is 38.9 Å². The summed E-state index contributed by atoms with van der Waals surface area (Å²) in [5.74, 6) is 1.64. The van der Waals surface area contributed by atoms with Gasteiger partial charge in [-0.2, -0.15) is 0 Å². The fourth-order valence-corrected chi connectivity index (χ4v) is 6.50. The Bertz CT molecular complexity index is 2160. The quantitative estimate of drug-likeness (QED) is 0.200. The molecule has 7 aromatic rings. The van der Waals surface area contributed by atoms with Gasteiger partial charge >= 0.3 is 0 Å². The van der Waals surface area contributed by atoms with Gasteiger partial charge in [-0.25, -0.2) is 0 Å². The zero-order valence-electron chi connectivity index (χ0n) is 25.8. The van der Waals surface area contributed by atoms with Crippen LogP contribution in [0.3, 0.4) is 0 Å². The molecule has 0 unspecified atom stereocenters. The van der Waals surface area contributed by atoms with Gasteiger partial charge in [0.2, 0.25) is 0 Å². The second kappa shape index (κ2) is 10.6. The number of anilines is 4. The van der Waals surface area contributed by atoms with Crippen molar-refractivity contribution in [1.29, 1.82) is 0 Å². The zero-order chi connectivity index (χ0) is 30.5. The number of nitrogens with zero attached hydrogens (tertiary/aromatic N) is 3. The summed E-state index contributed by atoms with van der Waals surface area (Å²) in [6, 6.07) is 51.5. The molecule has 0 spiro atoms. The predicted octanol–water partition coefficient (Wildman–Crippen LogP) is 11.1. The highest BCUT2D eigenvalue weighted by Gasteiger charge is 2.29. The largest absolute Gasteiger partial charge is 0.457 e. The Hall–Kier alpha value is -5.48. The number of rotatable bonds is 5. The predicted molar refractivity (Wildman–Crippen MR) is 188 cm³/mol. The summed E-state index contributed by atoms with van der Waals surface area (Å²) < 4.78 is 9.08. The lowest BCUT2D eigenvalue weighted by Gasteiger charge is -2.26. The van der Waals surface area contributed by atoms with Crippen LogP contribution in [-0.2, 0) is 5.41 Å². The van der Waals surface area contributed by atoms with Gasteiger partial charge in [-0.1, -0.05) is 87.5 Å². The first kappa shape index (κ1) is 27.1. The molecule has 0 N–H and O–H groups in total. The Balaban J connectivity index is 1.22. The van der Waals surface area contributed by atoms with Crippen LogP contribution in [0, 0.1) is 0 Å². The first-order valence-electron chi connectivity index (χ1n) is 15.6. The van der Waals surface area contributed by atoms with E-state index in [9.17, 15) is 0 Å². The van der Waals surface area contributed by atoms with E-state index < -0.39 is 0 Å². The Labute approximate surface area is 264 Å². The minimum Gasteiger partial charge on any atom is -0.457 e. The summed E-state index contributed by atoms with van der Waals surface area (Å²) in [5, 5.41) is 2.44. The SMILES string of the molecule is CC(C)(C)c1cc(Oc2ccc3c4ccccc4n(-c4ccccc4)c3c2)cc(N2CN(c3ccccc3)c3ccccc32)c1. The summed E-state index contributed by atoms with van der Waals surface area (Å²) in [4.78, 5) is 4.76. The lowest BCUT2D eigenvalue weighted by Crippen LogP contribution is -2.24. The maximum absolute atomic E-state index is 6.76. The Kier molecular flexibility index (Phi) is 6.38. The van der Waals surface area contributed by atoms with E-state index in [0.29, 0.717) is 0 Å². The number of ether oxygens (including phenoxy) is 1. The summed E-state index contributed by atoms with van der Waals surface area (Å²) in [6.07, 6.45) is 0. The van der Waals surface area contributed by atoms with E-state index in [4.69, 9.17) is 4.74 Å². The standard InChI is InChI=1S/C41H35N3O/c1-41(2,3)29-24-32(43-28-42(30-14-6-4-7-15-30)38-20-12-13-21-39(38)43)26-34(25-29)45-33-22-23-36-35-18-10-11-19-37(35)44(40(36)27-33)31-16-8-5-9-17-31/h4-27H,28H2,1-3H3. The van der Waals surface area contributed by atoms with Crippen molar-refractivity contribution in [1.82, 2.24) is 4.57 Å². The van der Waals surface area contributed by atoms with Gasteiger partial charge in [0, 0.05) is 40.0 Å². The first-order valence-corrected chi connectivity index (χ1v) is 15.6. The van der Waals surface area contributed by atoms with E-state index in [1.54, 1.807) is 0 Å². The number of fused-ring (bicyclic) bond motifs is 4. The van der Waals surface area contributed by atoms with Gasteiger partial charge in [0.25, 0.3) is 0 Å². The Morgan fingerprint density at radius 2 is 1.09 bits per heavy atom. The maximum atomic E-state index is 6.76. The molecule has 8 rings (SSSR count). The molecule has 0 amide bonds. The summed E-state index contributed by atoms with van der Waals surface area (Å²) in [7, 11) is 0. The number of hydrogen-bond acceptors (Lipinski definition) is 3. The summed E-state index contributed by atoms with van der Waals surface area (Å²) in [6.45, 7) is 7.50. The number of aromatic nitrogens is 1. The highest BCUT2D eigenvalue weighted by molar-refractivity contribution is 6.09. The minimum atomic E-state index is -0.0594. The number of para-hydroxylation sites is 5.